The quantitative estimate of drug-likeness (QED) is 0.740. The first-order valence-electron chi connectivity index (χ1n) is 5.80. The molecule has 0 aromatic carbocycles. The summed E-state index contributed by atoms with van der Waals surface area (Å²) < 4.78 is 21.6. The van der Waals surface area contributed by atoms with E-state index >= 15 is 0 Å². The second-order valence-electron chi connectivity index (χ2n) is 5.04. The van der Waals surface area contributed by atoms with E-state index in [1.165, 1.54) is 0 Å². The summed E-state index contributed by atoms with van der Waals surface area (Å²) in [4.78, 5) is 0. The van der Waals surface area contributed by atoms with E-state index in [0.29, 0.717) is 6.61 Å². The Balaban J connectivity index is 2.10. The normalized spacial score (nSPS) is 36.1. The topological polar surface area (TPSA) is 57.2 Å². The van der Waals surface area contributed by atoms with E-state index < -0.39 is 17.6 Å². The molecule has 0 saturated carbocycles. The average molecular weight is 244 g/mol. The summed E-state index contributed by atoms with van der Waals surface area (Å²) in [5, 5.41) is 10.4. The number of rotatable bonds is 3. The first-order chi connectivity index (χ1) is 8.06. The molecule has 0 aromatic rings. The van der Waals surface area contributed by atoms with E-state index in [2.05, 4.69) is 6.58 Å². The summed E-state index contributed by atoms with van der Waals surface area (Å²) >= 11 is 0. The predicted octanol–water partition coefficient (Wildman–Crippen LogP) is 0.674. The lowest BCUT2D eigenvalue weighted by atomic mass is 9.81. The van der Waals surface area contributed by atoms with Crippen LogP contribution in [0, 0.1) is 5.41 Å². The number of hydrogen-bond acceptors (Lipinski definition) is 5. The molecule has 5 heteroatoms. The van der Waals surface area contributed by atoms with Gasteiger partial charge < -0.3 is 24.1 Å². The highest BCUT2D eigenvalue weighted by Crippen LogP contribution is 2.32. The Bertz CT molecular complexity index is 276. The van der Waals surface area contributed by atoms with Gasteiger partial charge in [-0.05, 0) is 0 Å². The Labute approximate surface area is 101 Å². The van der Waals surface area contributed by atoms with Crippen molar-refractivity contribution in [2.45, 2.75) is 38.3 Å². The third-order valence-electron chi connectivity index (χ3n) is 3.46. The lowest BCUT2D eigenvalue weighted by Crippen LogP contribution is -2.59. The molecular formula is C12H20O5. The fraction of sp³-hybridized carbons (Fsp3) is 0.833. The van der Waals surface area contributed by atoms with Crippen LogP contribution in [0.2, 0.25) is 0 Å². The van der Waals surface area contributed by atoms with Crippen molar-refractivity contribution >= 4 is 0 Å². The van der Waals surface area contributed by atoms with Gasteiger partial charge in [-0.3, -0.25) is 0 Å². The predicted molar refractivity (Wildman–Crippen MR) is 60.3 cm³/mol. The van der Waals surface area contributed by atoms with Crippen molar-refractivity contribution in [1.82, 2.24) is 0 Å². The number of fused-ring (bicyclic) bond motifs is 1. The van der Waals surface area contributed by atoms with Crippen LogP contribution in [0.1, 0.15) is 13.8 Å². The van der Waals surface area contributed by atoms with Crippen molar-refractivity contribution in [3.63, 3.8) is 0 Å². The van der Waals surface area contributed by atoms with Crippen LogP contribution >= 0.6 is 0 Å². The van der Waals surface area contributed by atoms with Gasteiger partial charge in [0.25, 0.3) is 0 Å². The minimum Gasteiger partial charge on any atom is -0.389 e. The molecule has 0 bridgehead atoms. The maximum atomic E-state index is 10.4. The van der Waals surface area contributed by atoms with Crippen molar-refractivity contribution < 1.29 is 24.1 Å². The van der Waals surface area contributed by atoms with E-state index in [1.54, 1.807) is 6.08 Å². The summed E-state index contributed by atoms with van der Waals surface area (Å²) in [5.41, 5.74) is -0.436. The third-order valence-corrected chi connectivity index (χ3v) is 3.46. The maximum absolute atomic E-state index is 10.4. The summed E-state index contributed by atoms with van der Waals surface area (Å²) in [5.74, 6) is 0. The highest BCUT2D eigenvalue weighted by atomic mass is 16.8. The molecule has 0 aliphatic carbocycles. The van der Waals surface area contributed by atoms with Crippen molar-refractivity contribution in [2.75, 3.05) is 20.2 Å². The van der Waals surface area contributed by atoms with Crippen LogP contribution in [0.3, 0.4) is 0 Å². The van der Waals surface area contributed by atoms with Crippen molar-refractivity contribution in [3.8, 4) is 0 Å². The molecule has 0 unspecified atom stereocenters. The molecule has 2 heterocycles. The number of hydrogen-bond donors (Lipinski definition) is 1. The molecule has 98 valence electrons. The van der Waals surface area contributed by atoms with E-state index in [0.717, 1.165) is 0 Å². The molecule has 0 spiro atoms. The molecule has 5 nitrogen and oxygen atoms in total. The molecule has 1 N–H and O–H groups in total. The first-order valence-corrected chi connectivity index (χ1v) is 5.80. The molecule has 0 amide bonds. The zero-order valence-corrected chi connectivity index (χ0v) is 10.3. The zero-order valence-electron chi connectivity index (χ0n) is 10.3. The van der Waals surface area contributed by atoms with Crippen LogP contribution < -0.4 is 0 Å². The minimum atomic E-state index is -0.686. The van der Waals surface area contributed by atoms with Gasteiger partial charge in [0.2, 0.25) is 0 Å². The van der Waals surface area contributed by atoms with Crippen molar-refractivity contribution in [1.29, 1.82) is 0 Å². The minimum absolute atomic E-state index is 0.156. The fourth-order valence-electron chi connectivity index (χ4n) is 2.06. The van der Waals surface area contributed by atoms with Crippen molar-refractivity contribution in [3.05, 3.63) is 12.7 Å². The molecule has 0 aromatic heterocycles. The molecule has 2 aliphatic rings. The largest absolute Gasteiger partial charge is 0.389 e. The SMILES string of the molecule is C=CC(C)(C)[C@H](O)[C@H]1OCO[C@H]2COCO[C@@H]12. The highest BCUT2D eigenvalue weighted by Gasteiger charge is 2.45. The van der Waals surface area contributed by atoms with Gasteiger partial charge in [-0.25, -0.2) is 0 Å². The molecule has 2 rings (SSSR count). The Morgan fingerprint density at radius 2 is 2.06 bits per heavy atom. The van der Waals surface area contributed by atoms with Crippen LogP contribution in [0.25, 0.3) is 0 Å². The smallest absolute Gasteiger partial charge is 0.147 e. The zero-order chi connectivity index (χ0) is 12.5. The molecule has 2 aliphatic heterocycles. The Hall–Kier alpha value is -0.460. The van der Waals surface area contributed by atoms with Crippen LogP contribution in [0.4, 0.5) is 0 Å². The third kappa shape index (κ3) is 2.53. The molecule has 2 saturated heterocycles. The van der Waals surface area contributed by atoms with E-state index in [-0.39, 0.29) is 25.8 Å². The number of aliphatic hydroxyl groups excluding tert-OH is 1. The summed E-state index contributed by atoms with van der Waals surface area (Å²) in [7, 11) is 0. The Morgan fingerprint density at radius 3 is 2.76 bits per heavy atom. The van der Waals surface area contributed by atoms with Gasteiger partial charge in [-0.2, -0.15) is 0 Å². The summed E-state index contributed by atoms with van der Waals surface area (Å²) in [6.07, 6.45) is 0.176. The highest BCUT2D eigenvalue weighted by molar-refractivity contribution is 5.00. The number of aliphatic hydroxyl groups is 1. The van der Waals surface area contributed by atoms with Gasteiger partial charge in [0.15, 0.2) is 0 Å². The van der Waals surface area contributed by atoms with Crippen LogP contribution in [-0.2, 0) is 18.9 Å². The summed E-state index contributed by atoms with van der Waals surface area (Å²) in [6, 6.07) is 0. The monoisotopic (exact) mass is 244 g/mol. The van der Waals surface area contributed by atoms with Crippen molar-refractivity contribution in [2.24, 2.45) is 5.41 Å². The second-order valence-corrected chi connectivity index (χ2v) is 5.04. The standard InChI is InChI=1S/C12H20O5/c1-4-12(2,3)11(13)10-9-8(15-7-17-10)5-14-6-16-9/h4,8-11,13H,1,5-7H2,2-3H3/t8-,9+,10-,11+/m0/s1. The average Bonchev–Trinajstić information content (AvgIpc) is 2.37. The van der Waals surface area contributed by atoms with Crippen LogP contribution in [0.5, 0.6) is 0 Å². The van der Waals surface area contributed by atoms with E-state index in [9.17, 15) is 5.11 Å². The van der Waals surface area contributed by atoms with Crippen LogP contribution in [-0.4, -0.2) is 49.7 Å². The van der Waals surface area contributed by atoms with E-state index in [4.69, 9.17) is 18.9 Å². The fourth-order valence-corrected chi connectivity index (χ4v) is 2.06. The van der Waals surface area contributed by atoms with E-state index in [1.807, 2.05) is 13.8 Å². The Morgan fingerprint density at radius 1 is 1.29 bits per heavy atom. The van der Waals surface area contributed by atoms with Gasteiger partial charge in [0.05, 0.1) is 12.7 Å². The summed E-state index contributed by atoms with van der Waals surface area (Å²) in [6.45, 7) is 8.42. The molecule has 4 atom stereocenters. The maximum Gasteiger partial charge on any atom is 0.147 e. The first kappa shape index (κ1) is 13.0. The number of ether oxygens (including phenoxy) is 4. The van der Waals surface area contributed by atoms with Gasteiger partial charge >= 0.3 is 0 Å². The van der Waals surface area contributed by atoms with Gasteiger partial charge in [0, 0.05) is 5.41 Å². The Kier molecular flexibility index (Phi) is 3.85. The van der Waals surface area contributed by atoms with Crippen LogP contribution in [0.15, 0.2) is 12.7 Å². The second kappa shape index (κ2) is 5.04. The lowest BCUT2D eigenvalue weighted by molar-refractivity contribution is -0.317. The molecule has 17 heavy (non-hydrogen) atoms. The van der Waals surface area contributed by atoms with Gasteiger partial charge in [0.1, 0.15) is 31.9 Å². The molecule has 0 radical (unpaired) electrons. The molecular weight excluding hydrogens is 224 g/mol. The van der Waals surface area contributed by atoms with Gasteiger partial charge in [-0.1, -0.05) is 19.9 Å². The molecule has 2 fully saturated rings. The lowest BCUT2D eigenvalue weighted by Gasteiger charge is -2.44. The van der Waals surface area contributed by atoms with Gasteiger partial charge in [-0.15, -0.1) is 6.58 Å².